The quantitative estimate of drug-likeness (QED) is 0.327. The Labute approximate surface area is 182 Å². The van der Waals surface area contributed by atoms with E-state index < -0.39 is 31.1 Å². The van der Waals surface area contributed by atoms with E-state index in [9.17, 15) is 48.0 Å². The largest absolute Gasteiger partial charge is 0.480 e. The summed E-state index contributed by atoms with van der Waals surface area (Å²) in [5.41, 5.74) is -11.5. The Morgan fingerprint density at radius 3 is 1.69 bits per heavy atom. The smallest absolute Gasteiger partial charge is 0.421 e. The maximum atomic E-state index is 12.3. The molecule has 1 heterocycles. The van der Waals surface area contributed by atoms with Crippen molar-refractivity contribution < 1.29 is 52.5 Å². The summed E-state index contributed by atoms with van der Waals surface area (Å²) in [4.78, 5) is 12.3. The number of halogens is 6. The molecule has 15 heteroatoms. The highest BCUT2D eigenvalue weighted by atomic mass is 32.3. The number of hydrogen-bond donors (Lipinski definition) is 0. The first-order valence-electron chi connectivity index (χ1n) is 9.26. The van der Waals surface area contributed by atoms with Crippen molar-refractivity contribution in [3.05, 3.63) is 40.0 Å². The first-order valence-corrected chi connectivity index (χ1v) is 12.1. The number of sulfonamides is 2. The summed E-state index contributed by atoms with van der Waals surface area (Å²) in [6, 6.07) is 9.71. The van der Waals surface area contributed by atoms with Crippen LogP contribution in [0.3, 0.4) is 0 Å². The number of hydrogen-bond acceptors (Lipinski definition) is 5. The van der Waals surface area contributed by atoms with Crippen molar-refractivity contribution in [2.24, 2.45) is 0 Å². The molecular weight excluding hydrogens is 490 g/mol. The molecule has 0 amide bonds. The molecule has 0 radical (unpaired) electrons. The lowest BCUT2D eigenvalue weighted by molar-refractivity contribution is -0.923. The highest BCUT2D eigenvalue weighted by Gasteiger charge is 2.46. The van der Waals surface area contributed by atoms with Gasteiger partial charge in [-0.3, -0.25) is 4.79 Å². The second-order valence-electron chi connectivity index (χ2n) is 7.03. The van der Waals surface area contributed by atoms with Crippen molar-refractivity contribution in [1.82, 2.24) is 0 Å². The molecule has 0 atom stereocenters. The number of carbonyl (C=O) groups excluding carboxylic acids is 1. The Bertz CT molecular complexity index is 929. The monoisotopic (exact) mass is 512 g/mol. The van der Waals surface area contributed by atoms with Gasteiger partial charge in [0.05, 0.1) is 19.6 Å². The molecule has 2 rings (SSSR count). The van der Waals surface area contributed by atoms with Gasteiger partial charge in [0, 0.05) is 5.56 Å². The van der Waals surface area contributed by atoms with Gasteiger partial charge < -0.3 is 8.61 Å². The summed E-state index contributed by atoms with van der Waals surface area (Å²) in [6.45, 7) is 6.33. The van der Waals surface area contributed by atoms with E-state index in [1.54, 1.807) is 0 Å². The number of alkyl halides is 6. The lowest BCUT2D eigenvalue weighted by atomic mass is 10.0. The molecule has 184 valence electrons. The molecule has 0 aromatic heterocycles. The maximum absolute atomic E-state index is 12.3. The van der Waals surface area contributed by atoms with E-state index in [1.165, 1.54) is 32.4 Å². The van der Waals surface area contributed by atoms with Gasteiger partial charge in [-0.25, -0.2) is 16.8 Å². The van der Waals surface area contributed by atoms with E-state index in [-0.39, 0.29) is 0 Å². The highest BCUT2D eigenvalue weighted by molar-refractivity contribution is 8.13. The van der Waals surface area contributed by atoms with E-state index in [0.29, 0.717) is 12.3 Å². The van der Waals surface area contributed by atoms with Gasteiger partial charge in [0.25, 0.3) is 0 Å². The zero-order chi connectivity index (χ0) is 24.8. The van der Waals surface area contributed by atoms with Crippen molar-refractivity contribution in [2.45, 2.75) is 37.2 Å². The maximum Gasteiger partial charge on any atom is 0.480 e. The molecule has 1 aromatic carbocycles. The Morgan fingerprint density at radius 2 is 1.31 bits per heavy atom. The summed E-state index contributed by atoms with van der Waals surface area (Å²) in [7, 11) is -13.4. The lowest BCUT2D eigenvalue weighted by Crippen LogP contribution is -2.54. The third-order valence-corrected chi connectivity index (χ3v) is 7.53. The predicted octanol–water partition coefficient (Wildman–Crippen LogP) is 3.95. The Balaban J connectivity index is 0.000000324. The number of carbonyl (C=O) groups is 1. The number of Topliss-reactive ketones (excluding diaryl/α,β-unsaturated/α-hetero) is 1. The highest BCUT2D eigenvalue weighted by Crippen LogP contribution is 2.36. The summed E-state index contributed by atoms with van der Waals surface area (Å²) < 4.78 is 110. The number of ketones is 1. The van der Waals surface area contributed by atoms with Crippen LogP contribution in [0, 0.1) is 0 Å². The molecule has 0 saturated carbocycles. The van der Waals surface area contributed by atoms with Gasteiger partial charge in [0.2, 0.25) is 5.78 Å². The molecule has 7 nitrogen and oxygen atoms in total. The van der Waals surface area contributed by atoms with Gasteiger partial charge >= 0.3 is 11.0 Å². The zero-order valence-electron chi connectivity index (χ0n) is 16.9. The topological polar surface area (TPSA) is 99.4 Å². The minimum absolute atomic E-state index is 0.300. The molecule has 1 aliphatic rings. The van der Waals surface area contributed by atoms with Crippen LogP contribution in [0.25, 0.3) is 4.13 Å². The van der Waals surface area contributed by atoms with E-state index in [0.717, 1.165) is 20.7 Å². The van der Waals surface area contributed by atoms with Gasteiger partial charge in [-0.2, -0.15) is 26.3 Å². The first kappa shape index (κ1) is 28.3. The predicted molar refractivity (Wildman–Crippen MR) is 103 cm³/mol. The molecule has 0 unspecified atom stereocenters. The SMILES string of the molecule is CC[N+]1(CC(=O)c2ccccc2)CCCCC1.O=S(=O)([N-]S(=O)(=O)C(F)(F)F)C(F)(F)F. The van der Waals surface area contributed by atoms with Gasteiger partial charge in [-0.15, -0.1) is 0 Å². The van der Waals surface area contributed by atoms with Gasteiger partial charge in [0.1, 0.15) is 6.54 Å². The fourth-order valence-corrected chi connectivity index (χ4v) is 4.71. The minimum Gasteiger partial charge on any atom is -0.421 e. The van der Waals surface area contributed by atoms with Crippen LogP contribution in [0.1, 0.15) is 36.5 Å². The van der Waals surface area contributed by atoms with Crippen LogP contribution in [-0.4, -0.2) is 64.3 Å². The van der Waals surface area contributed by atoms with Crippen LogP contribution in [0.4, 0.5) is 26.3 Å². The van der Waals surface area contributed by atoms with Crippen LogP contribution >= 0.6 is 0 Å². The van der Waals surface area contributed by atoms with E-state index >= 15 is 0 Å². The summed E-state index contributed by atoms with van der Waals surface area (Å²) in [5, 5.41) is 0. The molecule has 1 saturated heterocycles. The van der Waals surface area contributed by atoms with Crippen LogP contribution in [0.5, 0.6) is 0 Å². The van der Waals surface area contributed by atoms with E-state index in [1.807, 2.05) is 30.3 Å². The Hall–Kier alpha value is -1.71. The number of likely N-dealkylation sites (N-methyl/N-ethyl adjacent to an activating group) is 1. The average Bonchev–Trinajstić information content (AvgIpc) is 2.67. The summed E-state index contributed by atoms with van der Waals surface area (Å²) in [6.07, 6.45) is 3.88. The molecule has 1 aromatic rings. The van der Waals surface area contributed by atoms with Gasteiger partial charge in [0.15, 0.2) is 20.0 Å². The molecular formula is C17H22F6N2O5S2. The van der Waals surface area contributed by atoms with E-state index in [4.69, 9.17) is 0 Å². The number of likely N-dealkylation sites (tertiary alicyclic amines) is 1. The standard InChI is InChI=1S/C15H22NO.C2F6NO4S2/c1-2-16(11-7-4-8-12-16)13-15(17)14-9-5-3-6-10-14;3-1(4,5)14(10,11)9-15(12,13)2(6,7)8/h3,5-6,9-10H,2,4,7-8,11-13H2,1H3;/q+1;-1. The minimum atomic E-state index is -6.72. The third-order valence-electron chi connectivity index (χ3n) is 4.79. The van der Waals surface area contributed by atoms with Crippen molar-refractivity contribution in [2.75, 3.05) is 26.2 Å². The number of quaternary nitrogens is 1. The molecule has 1 aliphatic heterocycles. The zero-order valence-corrected chi connectivity index (χ0v) is 18.5. The van der Waals surface area contributed by atoms with Crippen molar-refractivity contribution in [3.8, 4) is 0 Å². The van der Waals surface area contributed by atoms with Crippen LogP contribution in [0.15, 0.2) is 30.3 Å². The summed E-state index contributed by atoms with van der Waals surface area (Å²) >= 11 is 0. The average molecular weight is 512 g/mol. The normalized spacial score (nSPS) is 17.2. The molecule has 1 fully saturated rings. The van der Waals surface area contributed by atoms with Crippen LogP contribution < -0.4 is 0 Å². The second kappa shape index (κ2) is 10.5. The number of nitrogens with zero attached hydrogens (tertiary/aromatic N) is 2. The molecule has 0 aliphatic carbocycles. The fourth-order valence-electron chi connectivity index (χ4n) is 3.00. The fraction of sp³-hybridized carbons (Fsp3) is 0.588. The lowest BCUT2D eigenvalue weighted by Gasteiger charge is -2.40. The van der Waals surface area contributed by atoms with E-state index in [2.05, 4.69) is 6.92 Å². The van der Waals surface area contributed by atoms with Crippen molar-refractivity contribution in [1.29, 1.82) is 0 Å². The molecule has 0 spiro atoms. The van der Waals surface area contributed by atoms with Crippen molar-refractivity contribution in [3.63, 3.8) is 0 Å². The first-order chi connectivity index (χ1) is 14.5. The summed E-state index contributed by atoms with van der Waals surface area (Å²) in [5.74, 6) is 0.300. The Kier molecular flexibility index (Phi) is 9.28. The van der Waals surface area contributed by atoms with Gasteiger partial charge in [-0.1, -0.05) is 30.3 Å². The second-order valence-corrected chi connectivity index (χ2v) is 10.5. The van der Waals surface area contributed by atoms with Crippen LogP contribution in [-0.2, 0) is 20.0 Å². The number of piperidine rings is 1. The van der Waals surface area contributed by atoms with Crippen molar-refractivity contribution >= 4 is 25.8 Å². The number of rotatable bonds is 6. The third kappa shape index (κ3) is 7.71. The number of benzene rings is 1. The molecule has 0 N–H and O–H groups in total. The molecule has 32 heavy (non-hydrogen) atoms. The van der Waals surface area contributed by atoms with Crippen LogP contribution in [0.2, 0.25) is 0 Å². The Morgan fingerprint density at radius 1 is 0.875 bits per heavy atom. The molecule has 0 bridgehead atoms. The van der Waals surface area contributed by atoms with Gasteiger partial charge in [-0.05, 0) is 26.2 Å².